The molecule has 0 amide bonds. The summed E-state index contributed by atoms with van der Waals surface area (Å²) in [5.74, 6) is 2.42. The predicted molar refractivity (Wildman–Crippen MR) is 85.5 cm³/mol. The molecule has 0 saturated heterocycles. The van der Waals surface area contributed by atoms with Crippen LogP contribution in [0.2, 0.25) is 0 Å². The highest BCUT2D eigenvalue weighted by Gasteiger charge is 2.13. The van der Waals surface area contributed by atoms with E-state index in [-0.39, 0.29) is 0 Å². The van der Waals surface area contributed by atoms with Crippen LogP contribution in [0.25, 0.3) is 0 Å². The van der Waals surface area contributed by atoms with Crippen LogP contribution in [0, 0.1) is 6.92 Å². The summed E-state index contributed by atoms with van der Waals surface area (Å²) in [5, 5.41) is 0. The lowest BCUT2D eigenvalue weighted by atomic mass is 9.98. The molecule has 2 rings (SSSR count). The first kappa shape index (κ1) is 15.1. The molecular weight excluding hydrogens is 316 g/mol. The first-order valence-electron chi connectivity index (χ1n) is 6.78. The van der Waals surface area contributed by atoms with Crippen LogP contribution in [0.15, 0.2) is 22.8 Å². The minimum absolute atomic E-state index is 0.443. The van der Waals surface area contributed by atoms with Gasteiger partial charge in [-0.1, -0.05) is 26.0 Å². The van der Waals surface area contributed by atoms with Crippen LogP contribution in [0.3, 0.4) is 0 Å². The molecule has 0 aliphatic carbocycles. The van der Waals surface area contributed by atoms with Crippen molar-refractivity contribution in [2.24, 2.45) is 7.05 Å². The lowest BCUT2D eigenvalue weighted by Gasteiger charge is -2.13. The first-order valence-corrected chi connectivity index (χ1v) is 7.57. The Morgan fingerprint density at radius 2 is 2.05 bits per heavy atom. The molecule has 3 nitrogen and oxygen atoms in total. The maximum atomic E-state index is 5.43. The highest BCUT2D eigenvalue weighted by molar-refractivity contribution is 9.10. The van der Waals surface area contributed by atoms with Gasteiger partial charge in [-0.25, -0.2) is 4.98 Å². The Morgan fingerprint density at radius 3 is 2.55 bits per heavy atom. The zero-order valence-electron chi connectivity index (χ0n) is 12.7. The van der Waals surface area contributed by atoms with Crippen LogP contribution >= 0.6 is 15.9 Å². The van der Waals surface area contributed by atoms with Gasteiger partial charge in [-0.3, -0.25) is 0 Å². The Morgan fingerprint density at radius 1 is 1.35 bits per heavy atom. The molecule has 0 spiro atoms. The summed E-state index contributed by atoms with van der Waals surface area (Å²) in [6, 6.07) is 6.38. The number of hydrogen-bond donors (Lipinski definition) is 0. The van der Waals surface area contributed by atoms with E-state index >= 15 is 0 Å². The van der Waals surface area contributed by atoms with E-state index in [0.717, 1.165) is 28.3 Å². The molecule has 0 unspecified atom stereocenters. The van der Waals surface area contributed by atoms with Crippen LogP contribution in [0.4, 0.5) is 0 Å². The van der Waals surface area contributed by atoms with E-state index in [1.807, 2.05) is 20.0 Å². The van der Waals surface area contributed by atoms with Gasteiger partial charge in [0.25, 0.3) is 0 Å². The number of aromatic nitrogens is 2. The Kier molecular flexibility index (Phi) is 4.53. The topological polar surface area (TPSA) is 27.1 Å². The van der Waals surface area contributed by atoms with E-state index < -0.39 is 0 Å². The summed E-state index contributed by atoms with van der Waals surface area (Å²) in [6.45, 7) is 6.38. The van der Waals surface area contributed by atoms with Crippen molar-refractivity contribution in [2.45, 2.75) is 33.1 Å². The maximum Gasteiger partial charge on any atom is 0.122 e. The van der Waals surface area contributed by atoms with E-state index in [0.29, 0.717) is 5.92 Å². The van der Waals surface area contributed by atoms with Gasteiger partial charge in [0, 0.05) is 13.5 Å². The molecule has 0 aliphatic heterocycles. The summed E-state index contributed by atoms with van der Waals surface area (Å²) in [6.07, 6.45) is 0.825. The van der Waals surface area contributed by atoms with Crippen LogP contribution in [0.1, 0.15) is 42.4 Å². The van der Waals surface area contributed by atoms with Crippen molar-refractivity contribution >= 4 is 15.9 Å². The van der Waals surface area contributed by atoms with Crippen molar-refractivity contribution in [3.63, 3.8) is 0 Å². The maximum absolute atomic E-state index is 5.43. The number of methoxy groups -OCH3 is 1. The molecule has 0 saturated carbocycles. The second-order valence-corrected chi connectivity index (χ2v) is 6.11. The van der Waals surface area contributed by atoms with Gasteiger partial charge in [0.15, 0.2) is 0 Å². The van der Waals surface area contributed by atoms with Crippen molar-refractivity contribution in [3.05, 3.63) is 45.4 Å². The monoisotopic (exact) mass is 336 g/mol. The number of ether oxygens (including phenoxy) is 1. The number of benzene rings is 1. The molecule has 2 aromatic rings. The lowest BCUT2D eigenvalue weighted by molar-refractivity contribution is 0.407. The van der Waals surface area contributed by atoms with Crippen molar-refractivity contribution in [1.29, 1.82) is 0 Å². The zero-order chi connectivity index (χ0) is 14.9. The highest BCUT2D eigenvalue weighted by atomic mass is 79.9. The second kappa shape index (κ2) is 6.00. The molecule has 4 heteroatoms. The molecule has 0 bridgehead atoms. The Labute approximate surface area is 129 Å². The van der Waals surface area contributed by atoms with E-state index in [9.17, 15) is 0 Å². The van der Waals surface area contributed by atoms with Gasteiger partial charge in [-0.2, -0.15) is 0 Å². The third-order valence-electron chi connectivity index (χ3n) is 3.60. The SMILES string of the molecule is COc1ccc(Cc2nc(C)n(C)c2Br)cc1C(C)C. The number of halogens is 1. The van der Waals surface area contributed by atoms with E-state index in [2.05, 4.69) is 51.5 Å². The number of imidazole rings is 1. The van der Waals surface area contributed by atoms with Crippen LogP contribution in [-0.4, -0.2) is 16.7 Å². The minimum Gasteiger partial charge on any atom is -0.496 e. The summed E-state index contributed by atoms with van der Waals surface area (Å²) in [5.41, 5.74) is 3.58. The Balaban J connectivity index is 2.34. The molecule has 0 radical (unpaired) electrons. The van der Waals surface area contributed by atoms with Crippen molar-refractivity contribution in [2.75, 3.05) is 7.11 Å². The highest BCUT2D eigenvalue weighted by Crippen LogP contribution is 2.29. The van der Waals surface area contributed by atoms with Gasteiger partial charge in [-0.15, -0.1) is 0 Å². The normalized spacial score (nSPS) is 11.2. The summed E-state index contributed by atoms with van der Waals surface area (Å²) in [7, 11) is 3.74. The third kappa shape index (κ3) is 2.90. The molecule has 108 valence electrons. The fourth-order valence-corrected chi connectivity index (χ4v) is 2.79. The molecule has 0 aliphatic rings. The zero-order valence-corrected chi connectivity index (χ0v) is 14.3. The Hall–Kier alpha value is -1.29. The second-order valence-electron chi connectivity index (χ2n) is 5.36. The number of aryl methyl sites for hydroxylation is 1. The molecule has 0 atom stereocenters. The molecule has 1 aromatic heterocycles. The third-order valence-corrected chi connectivity index (χ3v) is 4.59. The van der Waals surface area contributed by atoms with Crippen molar-refractivity contribution in [1.82, 2.24) is 9.55 Å². The lowest BCUT2D eigenvalue weighted by Crippen LogP contribution is -1.98. The number of nitrogens with zero attached hydrogens (tertiary/aromatic N) is 2. The average molecular weight is 337 g/mol. The van der Waals surface area contributed by atoms with Gasteiger partial charge in [0.2, 0.25) is 0 Å². The molecule has 1 heterocycles. The fourth-order valence-electron chi connectivity index (χ4n) is 2.30. The molecule has 0 N–H and O–H groups in total. The predicted octanol–water partition coefficient (Wildman–Crippen LogP) is 4.21. The first-order chi connectivity index (χ1) is 9.43. The average Bonchev–Trinajstić information content (AvgIpc) is 2.66. The van der Waals surface area contributed by atoms with Gasteiger partial charge < -0.3 is 9.30 Å². The summed E-state index contributed by atoms with van der Waals surface area (Å²) < 4.78 is 8.54. The smallest absolute Gasteiger partial charge is 0.122 e. The number of rotatable bonds is 4. The summed E-state index contributed by atoms with van der Waals surface area (Å²) >= 11 is 3.61. The van der Waals surface area contributed by atoms with Crippen molar-refractivity contribution < 1.29 is 4.74 Å². The summed E-state index contributed by atoms with van der Waals surface area (Å²) in [4.78, 5) is 4.61. The van der Waals surface area contributed by atoms with Crippen LogP contribution in [0.5, 0.6) is 5.75 Å². The van der Waals surface area contributed by atoms with Gasteiger partial charge in [0.05, 0.1) is 12.8 Å². The minimum atomic E-state index is 0.443. The van der Waals surface area contributed by atoms with Crippen LogP contribution < -0.4 is 4.74 Å². The quantitative estimate of drug-likeness (QED) is 0.835. The van der Waals surface area contributed by atoms with Crippen molar-refractivity contribution in [3.8, 4) is 5.75 Å². The van der Waals surface area contributed by atoms with Crippen LogP contribution in [-0.2, 0) is 13.5 Å². The largest absolute Gasteiger partial charge is 0.496 e. The van der Waals surface area contributed by atoms with Gasteiger partial charge in [0.1, 0.15) is 16.2 Å². The van der Waals surface area contributed by atoms with Gasteiger partial charge in [-0.05, 0) is 46.0 Å². The van der Waals surface area contributed by atoms with E-state index in [1.54, 1.807) is 7.11 Å². The van der Waals surface area contributed by atoms with Gasteiger partial charge >= 0.3 is 0 Å². The Bertz CT molecular complexity index is 617. The molecule has 0 fully saturated rings. The molecule has 20 heavy (non-hydrogen) atoms. The fraction of sp³-hybridized carbons (Fsp3) is 0.438. The van der Waals surface area contributed by atoms with E-state index in [4.69, 9.17) is 4.74 Å². The molecular formula is C16H21BrN2O. The van der Waals surface area contributed by atoms with E-state index in [1.165, 1.54) is 11.1 Å². The molecule has 1 aromatic carbocycles. The number of hydrogen-bond acceptors (Lipinski definition) is 2. The standard InChI is InChI=1S/C16H21BrN2O/c1-10(2)13-8-12(6-7-15(13)20-5)9-14-16(17)19(4)11(3)18-14/h6-8,10H,9H2,1-5H3.